The fourth-order valence-corrected chi connectivity index (χ4v) is 1.46. The second-order valence-electron chi connectivity index (χ2n) is 4.03. The molecule has 0 radical (unpaired) electrons. The Morgan fingerprint density at radius 1 is 1.32 bits per heavy atom. The van der Waals surface area contributed by atoms with Crippen molar-refractivity contribution in [2.75, 3.05) is 0 Å². The molecule has 1 rings (SSSR count). The lowest BCUT2D eigenvalue weighted by Gasteiger charge is -2.03. The first kappa shape index (κ1) is 17.0. The number of hydrogen-bond donors (Lipinski definition) is 2. The van der Waals surface area contributed by atoms with Crippen molar-refractivity contribution in [1.82, 2.24) is 0 Å². The Labute approximate surface area is 115 Å². The van der Waals surface area contributed by atoms with Crippen LogP contribution in [0, 0.1) is 0 Å². The number of rotatable bonds is 5. The Morgan fingerprint density at radius 3 is 2.21 bits per heavy atom. The monoisotopic (exact) mass is 261 g/mol. The molecule has 0 spiro atoms. The molecular formula is C16H23NO2. The molecule has 1 aromatic rings. The number of carbonyl (C=O) groups is 1. The van der Waals surface area contributed by atoms with Crippen LogP contribution in [0.3, 0.4) is 0 Å². The summed E-state index contributed by atoms with van der Waals surface area (Å²) in [5.74, 6) is -0.883. The van der Waals surface area contributed by atoms with Crippen LogP contribution in [0.4, 0.5) is 0 Å². The minimum atomic E-state index is -0.883. The van der Waals surface area contributed by atoms with Gasteiger partial charge in [-0.25, -0.2) is 4.79 Å². The van der Waals surface area contributed by atoms with Gasteiger partial charge in [0, 0.05) is 5.70 Å². The zero-order chi connectivity index (χ0) is 14.7. The predicted molar refractivity (Wildman–Crippen MR) is 80.6 cm³/mol. The molecule has 1 aromatic carbocycles. The van der Waals surface area contributed by atoms with Gasteiger partial charge in [0.05, 0.1) is 5.57 Å². The summed E-state index contributed by atoms with van der Waals surface area (Å²) in [6, 6.07) is 10.0. The molecule has 3 heteroatoms. The molecule has 0 aliphatic carbocycles. The Kier molecular flexibility index (Phi) is 8.88. The van der Waals surface area contributed by atoms with Crippen LogP contribution in [0.1, 0.15) is 38.7 Å². The molecule has 0 aliphatic rings. The molecule has 0 saturated carbocycles. The summed E-state index contributed by atoms with van der Waals surface area (Å²) >= 11 is 0. The van der Waals surface area contributed by atoms with E-state index in [0.29, 0.717) is 24.1 Å². The highest BCUT2D eigenvalue weighted by molar-refractivity contribution is 5.87. The van der Waals surface area contributed by atoms with E-state index >= 15 is 0 Å². The number of hydrogen-bond acceptors (Lipinski definition) is 2. The van der Waals surface area contributed by atoms with Crippen molar-refractivity contribution < 1.29 is 9.90 Å². The SMILES string of the molecule is C=Cc1ccccc1.CCCC(C(=O)O)=C(N)CC. The van der Waals surface area contributed by atoms with Gasteiger partial charge < -0.3 is 10.8 Å². The van der Waals surface area contributed by atoms with E-state index in [1.165, 1.54) is 5.56 Å². The van der Waals surface area contributed by atoms with Gasteiger partial charge in [0.15, 0.2) is 0 Å². The molecule has 0 amide bonds. The predicted octanol–water partition coefficient (Wildman–Crippen LogP) is 3.82. The molecular weight excluding hydrogens is 238 g/mol. The van der Waals surface area contributed by atoms with Gasteiger partial charge in [0.25, 0.3) is 0 Å². The van der Waals surface area contributed by atoms with Crippen molar-refractivity contribution in [3.05, 3.63) is 53.7 Å². The van der Waals surface area contributed by atoms with E-state index < -0.39 is 5.97 Å². The highest BCUT2D eigenvalue weighted by Crippen LogP contribution is 2.09. The van der Waals surface area contributed by atoms with E-state index in [2.05, 4.69) is 6.58 Å². The molecule has 0 aliphatic heterocycles. The molecule has 0 aromatic heterocycles. The van der Waals surface area contributed by atoms with E-state index in [-0.39, 0.29) is 0 Å². The second-order valence-corrected chi connectivity index (χ2v) is 4.03. The van der Waals surface area contributed by atoms with Crippen LogP contribution in [-0.2, 0) is 4.79 Å². The minimum absolute atomic E-state index is 0.370. The standard InChI is InChI=1S/C8H15NO2.C8H8/c1-3-5-6(8(10)11)7(9)4-2;1-2-8-6-4-3-5-7-8/h3-5,9H2,1-2H3,(H,10,11);2-7H,1H2. The average molecular weight is 261 g/mol. The third-order valence-electron chi connectivity index (χ3n) is 2.56. The molecule has 104 valence electrons. The van der Waals surface area contributed by atoms with E-state index in [1.54, 1.807) is 0 Å². The molecule has 0 saturated heterocycles. The summed E-state index contributed by atoms with van der Waals surface area (Å²) in [7, 11) is 0. The van der Waals surface area contributed by atoms with Crippen molar-refractivity contribution in [2.24, 2.45) is 5.73 Å². The second kappa shape index (κ2) is 9.95. The van der Waals surface area contributed by atoms with Gasteiger partial charge in [-0.3, -0.25) is 0 Å². The zero-order valence-electron chi connectivity index (χ0n) is 11.7. The lowest BCUT2D eigenvalue weighted by molar-refractivity contribution is -0.132. The molecule has 0 fully saturated rings. The molecule has 3 nitrogen and oxygen atoms in total. The van der Waals surface area contributed by atoms with Gasteiger partial charge in [-0.1, -0.05) is 63.3 Å². The molecule has 3 N–H and O–H groups in total. The average Bonchev–Trinajstić information content (AvgIpc) is 2.45. The Hall–Kier alpha value is -2.03. The lowest BCUT2D eigenvalue weighted by Crippen LogP contribution is -2.09. The summed E-state index contributed by atoms with van der Waals surface area (Å²) in [5, 5.41) is 8.67. The fraction of sp³-hybridized carbons (Fsp3) is 0.312. The number of carboxylic acid groups (broad SMARTS) is 1. The quantitative estimate of drug-likeness (QED) is 0.792. The van der Waals surface area contributed by atoms with E-state index in [4.69, 9.17) is 10.8 Å². The van der Waals surface area contributed by atoms with Crippen LogP contribution >= 0.6 is 0 Å². The maximum atomic E-state index is 10.6. The van der Waals surface area contributed by atoms with E-state index in [0.717, 1.165) is 6.42 Å². The largest absolute Gasteiger partial charge is 0.478 e. The van der Waals surface area contributed by atoms with Gasteiger partial charge in [0.1, 0.15) is 0 Å². The Morgan fingerprint density at radius 2 is 1.89 bits per heavy atom. The van der Waals surface area contributed by atoms with Gasteiger partial charge in [0.2, 0.25) is 0 Å². The molecule has 0 bridgehead atoms. The van der Waals surface area contributed by atoms with E-state index in [1.807, 2.05) is 50.3 Å². The number of allylic oxidation sites excluding steroid dienone is 1. The molecule has 0 unspecified atom stereocenters. The summed E-state index contributed by atoms with van der Waals surface area (Å²) in [4.78, 5) is 10.6. The molecule has 19 heavy (non-hydrogen) atoms. The van der Waals surface area contributed by atoms with Crippen molar-refractivity contribution in [3.63, 3.8) is 0 Å². The summed E-state index contributed by atoms with van der Waals surface area (Å²) in [5.41, 5.74) is 7.55. The lowest BCUT2D eigenvalue weighted by atomic mass is 10.1. The maximum absolute atomic E-state index is 10.6. The van der Waals surface area contributed by atoms with Crippen LogP contribution in [0.2, 0.25) is 0 Å². The highest BCUT2D eigenvalue weighted by Gasteiger charge is 2.08. The van der Waals surface area contributed by atoms with E-state index in [9.17, 15) is 4.79 Å². The van der Waals surface area contributed by atoms with Gasteiger partial charge in [-0.05, 0) is 18.4 Å². The Bertz CT molecular complexity index is 422. The van der Waals surface area contributed by atoms with Crippen molar-refractivity contribution in [3.8, 4) is 0 Å². The number of aliphatic carboxylic acids is 1. The smallest absolute Gasteiger partial charge is 0.333 e. The first-order valence-electron chi connectivity index (χ1n) is 6.45. The highest BCUT2D eigenvalue weighted by atomic mass is 16.4. The third-order valence-corrected chi connectivity index (χ3v) is 2.56. The first-order chi connectivity index (χ1) is 9.06. The maximum Gasteiger partial charge on any atom is 0.333 e. The minimum Gasteiger partial charge on any atom is -0.478 e. The topological polar surface area (TPSA) is 63.3 Å². The van der Waals surface area contributed by atoms with Crippen molar-refractivity contribution >= 4 is 12.0 Å². The first-order valence-corrected chi connectivity index (χ1v) is 6.45. The summed E-state index contributed by atoms with van der Waals surface area (Å²) < 4.78 is 0. The number of nitrogens with two attached hydrogens (primary N) is 1. The van der Waals surface area contributed by atoms with Gasteiger partial charge in [-0.15, -0.1) is 0 Å². The third kappa shape index (κ3) is 7.09. The summed E-state index contributed by atoms with van der Waals surface area (Å²) in [6.45, 7) is 7.42. The van der Waals surface area contributed by atoms with Gasteiger partial charge in [-0.2, -0.15) is 0 Å². The number of benzene rings is 1. The summed E-state index contributed by atoms with van der Waals surface area (Å²) in [6.07, 6.45) is 3.83. The Balaban J connectivity index is 0.000000356. The normalized spacial score (nSPS) is 10.8. The van der Waals surface area contributed by atoms with Crippen molar-refractivity contribution in [2.45, 2.75) is 33.1 Å². The molecule has 0 atom stereocenters. The van der Waals surface area contributed by atoms with Crippen LogP contribution in [-0.4, -0.2) is 11.1 Å². The molecule has 0 heterocycles. The van der Waals surface area contributed by atoms with Gasteiger partial charge >= 0.3 is 5.97 Å². The van der Waals surface area contributed by atoms with Crippen LogP contribution < -0.4 is 5.73 Å². The van der Waals surface area contributed by atoms with Crippen LogP contribution in [0.25, 0.3) is 6.08 Å². The zero-order valence-corrected chi connectivity index (χ0v) is 11.7. The number of carboxylic acids is 1. The fourth-order valence-electron chi connectivity index (χ4n) is 1.46. The van der Waals surface area contributed by atoms with Crippen LogP contribution in [0.5, 0.6) is 0 Å². The van der Waals surface area contributed by atoms with Crippen LogP contribution in [0.15, 0.2) is 48.2 Å². The van der Waals surface area contributed by atoms with Crippen molar-refractivity contribution in [1.29, 1.82) is 0 Å².